The van der Waals surface area contributed by atoms with E-state index >= 15 is 0 Å². The molecule has 4 nitrogen and oxygen atoms in total. The maximum Gasteiger partial charge on any atom is 0.238 e. The van der Waals surface area contributed by atoms with Crippen molar-refractivity contribution in [2.75, 3.05) is 18.4 Å². The van der Waals surface area contributed by atoms with Crippen LogP contribution in [0.1, 0.15) is 56.0 Å². The molecule has 1 unspecified atom stereocenters. The van der Waals surface area contributed by atoms with E-state index < -0.39 is 0 Å². The highest BCUT2D eigenvalue weighted by Gasteiger charge is 2.24. The van der Waals surface area contributed by atoms with E-state index in [9.17, 15) is 10.1 Å². The molecule has 0 spiro atoms. The molecule has 0 aliphatic heterocycles. The molecule has 1 atom stereocenters. The Morgan fingerprint density at radius 1 is 1.36 bits per heavy atom. The number of rotatable bonds is 5. The molecule has 1 aromatic rings. The van der Waals surface area contributed by atoms with Crippen molar-refractivity contribution in [2.45, 2.75) is 58.1 Å². The first-order chi connectivity index (χ1) is 12.0. The number of nitriles is 1. The molecule has 0 saturated carbocycles. The van der Waals surface area contributed by atoms with Crippen LogP contribution in [0.5, 0.6) is 0 Å². The summed E-state index contributed by atoms with van der Waals surface area (Å²) in [7, 11) is 0. The van der Waals surface area contributed by atoms with E-state index in [1.165, 1.54) is 23.1 Å². The fourth-order valence-electron chi connectivity index (χ4n) is 2.92. The molecule has 1 N–H and O–H groups in total. The third-order valence-electron chi connectivity index (χ3n) is 4.44. The number of nitrogens with zero attached hydrogens (tertiary/aromatic N) is 2. The van der Waals surface area contributed by atoms with E-state index in [-0.39, 0.29) is 11.2 Å². The fourth-order valence-corrected chi connectivity index (χ4v) is 5.73. The van der Waals surface area contributed by atoms with Gasteiger partial charge in [0.05, 0.1) is 10.8 Å². The number of thiophene rings is 1. The Balaban J connectivity index is 2.07. The van der Waals surface area contributed by atoms with Gasteiger partial charge in [0.15, 0.2) is 0 Å². The maximum absolute atomic E-state index is 12.6. The summed E-state index contributed by atoms with van der Waals surface area (Å²) in [5.74, 6) is -0.0904. The topological polar surface area (TPSA) is 56.1 Å². The molecular weight excluding hydrogens is 370 g/mol. The normalized spacial score (nSPS) is 14.8. The molecule has 25 heavy (non-hydrogen) atoms. The van der Waals surface area contributed by atoms with E-state index in [2.05, 4.69) is 30.1 Å². The molecule has 1 aliphatic carbocycles. The Morgan fingerprint density at radius 2 is 2.04 bits per heavy atom. The Labute approximate surface area is 164 Å². The van der Waals surface area contributed by atoms with Crippen molar-refractivity contribution >= 4 is 50.5 Å². The number of amides is 1. The number of fused-ring (bicyclic) bond motifs is 1. The van der Waals surface area contributed by atoms with Crippen molar-refractivity contribution in [3.8, 4) is 6.07 Å². The molecule has 1 aliphatic rings. The van der Waals surface area contributed by atoms with Gasteiger partial charge in [-0.05, 0) is 52.0 Å². The number of hydrogen-bond donors (Lipinski definition) is 1. The minimum absolute atomic E-state index is 0.0904. The molecule has 0 aromatic carbocycles. The SMILES string of the molecule is CCN(CC)C(=S)SC(C)C(=O)Nc1sc2c(c1C#N)CCCCC2. The van der Waals surface area contributed by atoms with Gasteiger partial charge in [-0.1, -0.05) is 30.4 Å². The Hall–Kier alpha value is -1.10. The van der Waals surface area contributed by atoms with Crippen LogP contribution in [0.2, 0.25) is 0 Å². The van der Waals surface area contributed by atoms with Gasteiger partial charge >= 0.3 is 0 Å². The molecule has 0 radical (unpaired) electrons. The van der Waals surface area contributed by atoms with Gasteiger partial charge in [-0.25, -0.2) is 0 Å². The van der Waals surface area contributed by atoms with Crippen LogP contribution >= 0.6 is 35.3 Å². The summed E-state index contributed by atoms with van der Waals surface area (Å²) < 4.78 is 0.745. The van der Waals surface area contributed by atoms with Crippen LogP contribution < -0.4 is 5.32 Å². The van der Waals surface area contributed by atoms with E-state index in [4.69, 9.17) is 12.2 Å². The lowest BCUT2D eigenvalue weighted by atomic mass is 10.1. The van der Waals surface area contributed by atoms with Gasteiger partial charge in [-0.15, -0.1) is 11.3 Å². The third kappa shape index (κ3) is 4.96. The van der Waals surface area contributed by atoms with Crippen molar-refractivity contribution in [1.29, 1.82) is 5.26 Å². The molecule has 136 valence electrons. The number of hydrogen-bond acceptors (Lipinski definition) is 5. The first-order valence-corrected chi connectivity index (χ1v) is 10.9. The summed E-state index contributed by atoms with van der Waals surface area (Å²) in [5, 5.41) is 13.0. The van der Waals surface area contributed by atoms with Crippen molar-refractivity contribution < 1.29 is 4.79 Å². The van der Waals surface area contributed by atoms with Crippen LogP contribution in [-0.4, -0.2) is 33.5 Å². The number of carbonyl (C=O) groups is 1. The van der Waals surface area contributed by atoms with Crippen LogP contribution in [0.3, 0.4) is 0 Å². The number of thioether (sulfide) groups is 1. The third-order valence-corrected chi connectivity index (χ3v) is 7.22. The second-order valence-corrected chi connectivity index (χ2v) is 9.15. The standard InChI is InChI=1S/C18H25N3OS3/c1-4-21(5-2)18(23)24-12(3)16(22)20-17-14(11-19)13-9-7-6-8-10-15(13)25-17/h12H,4-10H2,1-3H3,(H,20,22). The molecule has 1 amide bonds. The van der Waals surface area contributed by atoms with Gasteiger partial charge in [0, 0.05) is 18.0 Å². The van der Waals surface area contributed by atoms with Crippen molar-refractivity contribution in [3.63, 3.8) is 0 Å². The second kappa shape index (κ2) is 9.56. The van der Waals surface area contributed by atoms with Gasteiger partial charge in [0.2, 0.25) is 5.91 Å². The number of thiocarbonyl (C=S) groups is 1. The van der Waals surface area contributed by atoms with E-state index in [0.717, 1.165) is 48.7 Å². The number of anilines is 1. The lowest BCUT2D eigenvalue weighted by molar-refractivity contribution is -0.115. The molecule has 7 heteroatoms. The highest BCUT2D eigenvalue weighted by Crippen LogP contribution is 2.37. The number of nitrogens with one attached hydrogen (secondary N) is 1. The maximum atomic E-state index is 12.6. The quantitative estimate of drug-likeness (QED) is 0.584. The summed E-state index contributed by atoms with van der Waals surface area (Å²) >= 11 is 8.40. The molecule has 0 fully saturated rings. The van der Waals surface area contributed by atoms with Crippen LogP contribution in [0.25, 0.3) is 0 Å². The molecule has 2 rings (SSSR count). The van der Waals surface area contributed by atoms with E-state index in [0.29, 0.717) is 10.6 Å². The van der Waals surface area contributed by atoms with E-state index in [1.54, 1.807) is 11.3 Å². The Morgan fingerprint density at radius 3 is 2.68 bits per heavy atom. The predicted octanol–water partition coefficient (Wildman–Crippen LogP) is 4.58. The zero-order valence-corrected chi connectivity index (χ0v) is 17.5. The smallest absolute Gasteiger partial charge is 0.238 e. The zero-order valence-electron chi connectivity index (χ0n) is 15.1. The van der Waals surface area contributed by atoms with Crippen LogP contribution in [0.4, 0.5) is 5.00 Å². The van der Waals surface area contributed by atoms with Crippen LogP contribution in [0.15, 0.2) is 0 Å². The average Bonchev–Trinajstić information content (AvgIpc) is 2.75. The monoisotopic (exact) mass is 395 g/mol. The summed E-state index contributed by atoms with van der Waals surface area (Å²) in [5.41, 5.74) is 1.82. The highest BCUT2D eigenvalue weighted by atomic mass is 32.2. The second-order valence-electron chi connectivity index (χ2n) is 6.07. The first-order valence-electron chi connectivity index (χ1n) is 8.82. The van der Waals surface area contributed by atoms with Gasteiger partial charge in [0.25, 0.3) is 0 Å². The lowest BCUT2D eigenvalue weighted by Crippen LogP contribution is -2.31. The average molecular weight is 396 g/mol. The number of aryl methyl sites for hydroxylation is 1. The van der Waals surface area contributed by atoms with Gasteiger partial charge < -0.3 is 10.2 Å². The summed E-state index contributed by atoms with van der Waals surface area (Å²) in [4.78, 5) is 15.9. The summed E-state index contributed by atoms with van der Waals surface area (Å²) in [6.45, 7) is 7.65. The largest absolute Gasteiger partial charge is 0.358 e. The van der Waals surface area contributed by atoms with Crippen LogP contribution in [-0.2, 0) is 17.6 Å². The van der Waals surface area contributed by atoms with Crippen molar-refractivity contribution in [1.82, 2.24) is 4.90 Å². The van der Waals surface area contributed by atoms with Gasteiger partial charge in [-0.2, -0.15) is 5.26 Å². The lowest BCUT2D eigenvalue weighted by Gasteiger charge is -2.22. The van der Waals surface area contributed by atoms with Gasteiger partial charge in [-0.3, -0.25) is 4.79 Å². The van der Waals surface area contributed by atoms with E-state index in [1.807, 2.05) is 6.92 Å². The molecule has 0 saturated heterocycles. The number of carbonyl (C=O) groups excluding carboxylic acids is 1. The molecule has 1 heterocycles. The van der Waals surface area contributed by atoms with Crippen LogP contribution in [0, 0.1) is 11.3 Å². The van der Waals surface area contributed by atoms with Crippen molar-refractivity contribution in [3.05, 3.63) is 16.0 Å². The molecular formula is C18H25N3OS3. The Kier molecular flexibility index (Phi) is 7.73. The minimum atomic E-state index is -0.290. The minimum Gasteiger partial charge on any atom is -0.358 e. The van der Waals surface area contributed by atoms with Gasteiger partial charge in [0.1, 0.15) is 15.4 Å². The summed E-state index contributed by atoms with van der Waals surface area (Å²) in [6, 6.07) is 2.31. The van der Waals surface area contributed by atoms with Crippen molar-refractivity contribution in [2.24, 2.45) is 0 Å². The zero-order chi connectivity index (χ0) is 18.4. The predicted molar refractivity (Wildman–Crippen MR) is 111 cm³/mol. The molecule has 0 bridgehead atoms. The highest BCUT2D eigenvalue weighted by molar-refractivity contribution is 8.23. The first kappa shape index (κ1) is 20.2. The Bertz CT molecular complexity index is 674. The summed E-state index contributed by atoms with van der Waals surface area (Å²) in [6.07, 6.45) is 5.46. The molecule has 1 aromatic heterocycles. The fraction of sp³-hybridized carbons (Fsp3) is 0.611.